The molecule has 3 rings (SSSR count). The Kier molecular flexibility index (Phi) is 8.74. The minimum absolute atomic E-state index is 0.0255. The highest BCUT2D eigenvalue weighted by Gasteiger charge is 2.42. The van der Waals surface area contributed by atoms with Gasteiger partial charge in [0.25, 0.3) is 0 Å². The predicted octanol–water partition coefficient (Wildman–Crippen LogP) is 4.37. The van der Waals surface area contributed by atoms with Gasteiger partial charge < -0.3 is 14.9 Å². The number of aromatic carboxylic acids is 1. The average molecular weight is 473 g/mol. The van der Waals surface area contributed by atoms with Gasteiger partial charge in [-0.15, -0.1) is 11.3 Å². The zero-order valence-electron chi connectivity index (χ0n) is 17.4. The Morgan fingerprint density at radius 3 is 2.90 bits per heavy atom. The highest BCUT2D eigenvalue weighted by atomic mass is 32.2. The largest absolute Gasteiger partial charge is 0.476 e. The van der Waals surface area contributed by atoms with E-state index in [-0.39, 0.29) is 36.5 Å². The molecule has 1 aliphatic carbocycles. The molecule has 1 saturated heterocycles. The molecule has 0 spiro atoms. The minimum atomic E-state index is -1.05. The molecule has 0 bridgehead atoms. The quantitative estimate of drug-likeness (QED) is 0.250. The number of amides is 1. The molecule has 172 valence electrons. The zero-order chi connectivity index (χ0) is 22.3. The molecule has 1 amide bonds. The number of alkyl halides is 1. The summed E-state index contributed by atoms with van der Waals surface area (Å²) < 4.78 is 18.1. The molecule has 31 heavy (non-hydrogen) atoms. The number of thiazole rings is 1. The van der Waals surface area contributed by atoms with Gasteiger partial charge in [-0.1, -0.05) is 43.2 Å². The smallest absolute Gasteiger partial charge is 0.410 e. The molecule has 2 atom stereocenters. The number of aromatic nitrogens is 1. The molecule has 0 radical (unpaired) electrons. The molecular weight excluding hydrogens is 443 g/mol. The number of nitrogens with zero attached hydrogens (tertiary/aromatic N) is 2. The molecule has 1 aromatic heterocycles. The van der Waals surface area contributed by atoms with Gasteiger partial charge >= 0.3 is 12.1 Å². The third-order valence-corrected chi connectivity index (χ3v) is 8.07. The van der Waals surface area contributed by atoms with Crippen LogP contribution in [0.2, 0.25) is 0 Å². The lowest BCUT2D eigenvalue weighted by Gasteiger charge is -2.45. The number of hydrogen-bond acceptors (Lipinski definition) is 7. The van der Waals surface area contributed by atoms with Crippen molar-refractivity contribution < 1.29 is 28.9 Å². The highest BCUT2D eigenvalue weighted by molar-refractivity contribution is 8.01. The van der Waals surface area contributed by atoms with Gasteiger partial charge in [-0.2, -0.15) is 0 Å². The molecule has 1 aromatic rings. The maximum Gasteiger partial charge on any atom is 0.410 e. The zero-order valence-corrected chi connectivity index (χ0v) is 19.0. The highest BCUT2D eigenvalue weighted by Crippen LogP contribution is 2.48. The van der Waals surface area contributed by atoms with Crippen LogP contribution in [0.15, 0.2) is 21.9 Å². The van der Waals surface area contributed by atoms with Gasteiger partial charge in [-0.25, -0.2) is 14.6 Å². The molecule has 0 aromatic carbocycles. The summed E-state index contributed by atoms with van der Waals surface area (Å²) in [7, 11) is 0. The molecule has 2 heterocycles. The van der Waals surface area contributed by atoms with Crippen LogP contribution in [0.5, 0.6) is 0 Å². The van der Waals surface area contributed by atoms with E-state index in [9.17, 15) is 19.1 Å². The summed E-state index contributed by atoms with van der Waals surface area (Å²) in [4.78, 5) is 28.7. The van der Waals surface area contributed by atoms with Crippen molar-refractivity contribution in [2.75, 3.05) is 25.6 Å². The Balaban J connectivity index is 1.50. The Labute approximate surface area is 189 Å². The number of rotatable bonds is 13. The fraction of sp³-hybridized carbons (Fsp3) is 0.667. The summed E-state index contributed by atoms with van der Waals surface area (Å²) in [6.45, 7) is 0.393. The predicted molar refractivity (Wildman–Crippen MR) is 118 cm³/mol. The van der Waals surface area contributed by atoms with Gasteiger partial charge in [0, 0.05) is 17.7 Å². The molecular formula is C21H29FN2O5S2. The maximum atomic E-state index is 12.3. The van der Waals surface area contributed by atoms with Crippen LogP contribution in [0.1, 0.15) is 55.4 Å². The number of carboxylic acids is 1. The second-order valence-corrected chi connectivity index (χ2v) is 10.2. The minimum Gasteiger partial charge on any atom is -0.476 e. The summed E-state index contributed by atoms with van der Waals surface area (Å²) in [5.41, 5.74) is -0.0959. The Morgan fingerprint density at radius 2 is 2.26 bits per heavy atom. The standard InChI is InChI=1S/C21H29FN2O5S2/c22-10-3-1-2-7-21(8-4-9-21)17(25)6-5-15-13-29-20(28)24(15)11-12-30-19-23-16(14-31-19)18(26)27/h5-6,14-15,17,25H,1-4,7-13H2,(H,26,27)/t15-,17+/m0/s1. The van der Waals surface area contributed by atoms with Crippen molar-refractivity contribution in [3.63, 3.8) is 0 Å². The number of cyclic esters (lactones) is 1. The van der Waals surface area contributed by atoms with Crippen molar-refractivity contribution in [2.45, 2.75) is 61.4 Å². The average Bonchev–Trinajstić information content (AvgIpc) is 3.32. The van der Waals surface area contributed by atoms with E-state index in [1.807, 2.05) is 6.08 Å². The van der Waals surface area contributed by atoms with E-state index < -0.39 is 12.1 Å². The molecule has 1 saturated carbocycles. The molecule has 0 unspecified atom stereocenters. The monoisotopic (exact) mass is 472 g/mol. The third-order valence-electron chi connectivity index (χ3n) is 6.07. The number of ether oxygens (including phenoxy) is 1. The van der Waals surface area contributed by atoms with Gasteiger partial charge in [0.05, 0.1) is 18.8 Å². The topological polar surface area (TPSA) is 100.0 Å². The number of carbonyl (C=O) groups is 2. The second kappa shape index (κ2) is 11.3. The van der Waals surface area contributed by atoms with Gasteiger partial charge in [-0.3, -0.25) is 9.29 Å². The van der Waals surface area contributed by atoms with Gasteiger partial charge in [0.15, 0.2) is 10.0 Å². The maximum absolute atomic E-state index is 12.3. The SMILES string of the molecule is O=C(O)c1csc(SCCN2C(=O)OC[C@@H]2C=C[C@@H](O)C2(CCCCCF)CCC2)n1. The molecule has 2 N–H and O–H groups in total. The van der Waals surface area contributed by atoms with E-state index in [1.54, 1.807) is 11.0 Å². The van der Waals surface area contributed by atoms with E-state index in [2.05, 4.69) is 4.98 Å². The molecule has 7 nitrogen and oxygen atoms in total. The van der Waals surface area contributed by atoms with Crippen LogP contribution in [-0.4, -0.2) is 69.9 Å². The van der Waals surface area contributed by atoms with Gasteiger partial charge in [-0.05, 0) is 31.1 Å². The van der Waals surface area contributed by atoms with Crippen molar-refractivity contribution in [2.24, 2.45) is 5.41 Å². The van der Waals surface area contributed by atoms with E-state index in [1.165, 1.54) is 28.5 Å². The van der Waals surface area contributed by atoms with Crippen molar-refractivity contribution >= 4 is 35.2 Å². The van der Waals surface area contributed by atoms with Gasteiger partial charge in [0.1, 0.15) is 6.61 Å². The number of hydrogen-bond donors (Lipinski definition) is 2. The second-order valence-electron chi connectivity index (χ2n) is 8.04. The van der Waals surface area contributed by atoms with Crippen molar-refractivity contribution in [3.8, 4) is 0 Å². The van der Waals surface area contributed by atoms with Crippen LogP contribution in [0.4, 0.5) is 9.18 Å². The summed E-state index contributed by atoms with van der Waals surface area (Å²) in [6.07, 6.45) is 8.96. The Morgan fingerprint density at radius 1 is 1.45 bits per heavy atom. The number of aliphatic hydroxyl groups excluding tert-OH is 1. The first-order valence-electron chi connectivity index (χ1n) is 10.6. The summed E-state index contributed by atoms with van der Waals surface area (Å²) in [6, 6.07) is -0.239. The Hall–Kier alpha value is -1.65. The lowest BCUT2D eigenvalue weighted by atomic mass is 9.62. The lowest BCUT2D eigenvalue weighted by molar-refractivity contribution is -0.0146. The summed E-state index contributed by atoms with van der Waals surface area (Å²) >= 11 is 2.66. The van der Waals surface area contributed by atoms with E-state index >= 15 is 0 Å². The summed E-state index contributed by atoms with van der Waals surface area (Å²) in [5, 5.41) is 21.2. The molecule has 10 heteroatoms. The number of halogens is 1. The molecule has 1 aliphatic heterocycles. The van der Waals surface area contributed by atoms with E-state index in [4.69, 9.17) is 9.84 Å². The van der Waals surface area contributed by atoms with Crippen LogP contribution < -0.4 is 0 Å². The van der Waals surface area contributed by atoms with E-state index in [0.29, 0.717) is 23.1 Å². The Bertz CT molecular complexity index is 784. The number of aliphatic hydroxyl groups is 1. The van der Waals surface area contributed by atoms with Crippen molar-refractivity contribution in [3.05, 3.63) is 23.2 Å². The van der Waals surface area contributed by atoms with Gasteiger partial charge in [0.2, 0.25) is 0 Å². The first kappa shape index (κ1) is 24.0. The number of thioether (sulfide) groups is 1. The van der Waals surface area contributed by atoms with Crippen LogP contribution >= 0.6 is 23.1 Å². The van der Waals surface area contributed by atoms with Crippen LogP contribution in [0, 0.1) is 5.41 Å². The normalized spacial score (nSPS) is 21.3. The number of unbranched alkanes of at least 4 members (excludes halogenated alkanes) is 2. The van der Waals surface area contributed by atoms with Crippen LogP contribution in [0.3, 0.4) is 0 Å². The van der Waals surface area contributed by atoms with Crippen LogP contribution in [0.25, 0.3) is 0 Å². The number of carbonyl (C=O) groups excluding carboxylic acids is 1. The fourth-order valence-corrected chi connectivity index (χ4v) is 5.85. The van der Waals surface area contributed by atoms with E-state index in [0.717, 1.165) is 38.5 Å². The first-order chi connectivity index (χ1) is 14.9. The van der Waals surface area contributed by atoms with Crippen LogP contribution in [-0.2, 0) is 4.74 Å². The third kappa shape index (κ3) is 6.20. The van der Waals surface area contributed by atoms with Crippen molar-refractivity contribution in [1.82, 2.24) is 9.88 Å². The first-order valence-corrected chi connectivity index (χ1v) is 12.5. The van der Waals surface area contributed by atoms with Crippen molar-refractivity contribution in [1.29, 1.82) is 0 Å². The number of carboxylic acid groups (broad SMARTS) is 1. The summed E-state index contributed by atoms with van der Waals surface area (Å²) in [5.74, 6) is -0.491. The fourth-order valence-electron chi connectivity index (χ4n) is 4.05. The molecule has 2 aliphatic rings. The lowest BCUT2D eigenvalue weighted by Crippen LogP contribution is -2.41. The molecule has 2 fully saturated rings.